The monoisotopic (exact) mass is 222 g/mol. The number of nitrogens with one attached hydrogen (secondary N) is 1. The van der Waals surface area contributed by atoms with Crippen molar-refractivity contribution in [3.05, 3.63) is 29.6 Å². The Morgan fingerprint density at radius 1 is 1.50 bits per heavy atom. The Morgan fingerprint density at radius 2 is 2.19 bits per heavy atom. The van der Waals surface area contributed by atoms with Crippen molar-refractivity contribution in [3.63, 3.8) is 0 Å². The second-order valence-electron chi connectivity index (χ2n) is 3.62. The van der Waals surface area contributed by atoms with Crippen molar-refractivity contribution in [1.29, 1.82) is 0 Å². The Morgan fingerprint density at radius 3 is 2.62 bits per heavy atom. The summed E-state index contributed by atoms with van der Waals surface area (Å²) in [6.07, 6.45) is 1.86. The molecule has 0 aliphatic carbocycles. The van der Waals surface area contributed by atoms with Crippen LogP contribution in [0.25, 0.3) is 0 Å². The number of aromatic nitrogens is 1. The molecule has 1 atom stereocenters. The van der Waals surface area contributed by atoms with Crippen LogP contribution in [0.3, 0.4) is 0 Å². The number of carboxylic acids is 1. The Hall–Kier alpha value is -1.91. The molecule has 0 aromatic carbocycles. The molecule has 0 saturated carbocycles. The van der Waals surface area contributed by atoms with Crippen molar-refractivity contribution in [3.8, 4) is 0 Å². The second kappa shape index (κ2) is 5.25. The van der Waals surface area contributed by atoms with Crippen LogP contribution in [0.2, 0.25) is 0 Å². The first-order valence-electron chi connectivity index (χ1n) is 4.90. The van der Waals surface area contributed by atoms with Crippen LogP contribution in [0.15, 0.2) is 18.3 Å². The van der Waals surface area contributed by atoms with E-state index in [1.54, 1.807) is 12.3 Å². The molecule has 5 nitrogen and oxygen atoms in total. The highest BCUT2D eigenvalue weighted by Crippen LogP contribution is 2.02. The Bertz CT molecular complexity index is 387. The average molecular weight is 222 g/mol. The van der Waals surface area contributed by atoms with E-state index in [0.29, 0.717) is 5.69 Å². The van der Waals surface area contributed by atoms with Gasteiger partial charge in [-0.3, -0.25) is 9.78 Å². The summed E-state index contributed by atoms with van der Waals surface area (Å²) in [6, 6.07) is 2.69. The maximum Gasteiger partial charge on any atom is 0.326 e. The first kappa shape index (κ1) is 12.2. The van der Waals surface area contributed by atoms with Crippen molar-refractivity contribution in [1.82, 2.24) is 10.3 Å². The summed E-state index contributed by atoms with van der Waals surface area (Å²) in [5, 5.41) is 11.3. The van der Waals surface area contributed by atoms with Crippen LogP contribution >= 0.6 is 0 Å². The van der Waals surface area contributed by atoms with Crippen LogP contribution in [0.4, 0.5) is 0 Å². The molecule has 1 heterocycles. The van der Waals surface area contributed by atoms with E-state index in [1.165, 1.54) is 6.92 Å². The normalized spacial score (nSPS) is 11.9. The molecule has 0 saturated heterocycles. The molecule has 1 aromatic rings. The molecular formula is C11H14N2O3. The summed E-state index contributed by atoms with van der Waals surface area (Å²) >= 11 is 0. The molecule has 1 rings (SSSR count). The third kappa shape index (κ3) is 3.68. The number of carboxylic acid groups (broad SMARTS) is 1. The zero-order valence-corrected chi connectivity index (χ0v) is 9.23. The first-order valence-corrected chi connectivity index (χ1v) is 4.90. The molecule has 0 aliphatic heterocycles. The number of hydrogen-bond acceptors (Lipinski definition) is 3. The molecule has 0 radical (unpaired) electrons. The maximum atomic E-state index is 10.9. The first-order chi connectivity index (χ1) is 7.49. The summed E-state index contributed by atoms with van der Waals surface area (Å²) in [7, 11) is 0. The molecule has 0 spiro atoms. The summed E-state index contributed by atoms with van der Waals surface area (Å²) in [6.45, 7) is 3.19. The summed E-state index contributed by atoms with van der Waals surface area (Å²) in [5.41, 5.74) is 1.65. The number of carbonyl (C=O) groups is 2. The molecule has 1 aromatic heterocycles. The van der Waals surface area contributed by atoms with Gasteiger partial charge in [0.2, 0.25) is 5.91 Å². The molecule has 2 N–H and O–H groups in total. The number of nitrogens with zero attached hydrogens (tertiary/aromatic N) is 1. The van der Waals surface area contributed by atoms with E-state index in [9.17, 15) is 9.59 Å². The van der Waals surface area contributed by atoms with Crippen LogP contribution in [-0.2, 0) is 16.0 Å². The number of hydrogen-bond donors (Lipinski definition) is 2. The van der Waals surface area contributed by atoms with Crippen molar-refractivity contribution in [2.24, 2.45) is 0 Å². The molecule has 0 bridgehead atoms. The highest BCUT2D eigenvalue weighted by molar-refractivity contribution is 5.82. The van der Waals surface area contributed by atoms with Gasteiger partial charge in [-0.05, 0) is 18.6 Å². The van der Waals surface area contributed by atoms with E-state index >= 15 is 0 Å². The highest BCUT2D eigenvalue weighted by Gasteiger charge is 2.19. The third-order valence-corrected chi connectivity index (χ3v) is 2.06. The molecule has 86 valence electrons. The maximum absolute atomic E-state index is 10.9. The van der Waals surface area contributed by atoms with Gasteiger partial charge in [0.25, 0.3) is 0 Å². The van der Waals surface area contributed by atoms with Gasteiger partial charge in [0.15, 0.2) is 0 Å². The lowest BCUT2D eigenvalue weighted by atomic mass is 10.1. The van der Waals surface area contributed by atoms with Crippen molar-refractivity contribution < 1.29 is 14.7 Å². The molecule has 1 amide bonds. The molecule has 5 heteroatoms. The van der Waals surface area contributed by atoms with E-state index < -0.39 is 12.0 Å². The molecule has 0 fully saturated rings. The fraction of sp³-hybridized carbons (Fsp3) is 0.364. The standard InChI is InChI=1S/C11H14N2O3/c1-7-3-4-9(12-6-7)5-10(11(15)16)13-8(2)14/h3-4,6,10H,5H2,1-2H3,(H,13,14)(H,15,16). The zero-order valence-electron chi connectivity index (χ0n) is 9.23. The van der Waals surface area contributed by atoms with Crippen molar-refractivity contribution in [2.45, 2.75) is 26.3 Å². The second-order valence-corrected chi connectivity index (χ2v) is 3.62. The average Bonchev–Trinajstić information content (AvgIpc) is 2.19. The van der Waals surface area contributed by atoms with Gasteiger partial charge in [0.1, 0.15) is 6.04 Å². The number of rotatable bonds is 4. The predicted octanol–water partition coefficient (Wildman–Crippen LogP) is 0.522. The van der Waals surface area contributed by atoms with E-state index in [0.717, 1.165) is 5.56 Å². The fourth-order valence-electron chi connectivity index (χ4n) is 1.27. The van der Waals surface area contributed by atoms with Crippen LogP contribution in [0.1, 0.15) is 18.2 Å². The minimum Gasteiger partial charge on any atom is -0.480 e. The predicted molar refractivity (Wildman–Crippen MR) is 57.9 cm³/mol. The lowest BCUT2D eigenvalue weighted by Crippen LogP contribution is -2.41. The van der Waals surface area contributed by atoms with E-state index in [1.807, 2.05) is 13.0 Å². The van der Waals surface area contributed by atoms with E-state index in [-0.39, 0.29) is 12.3 Å². The SMILES string of the molecule is CC(=O)NC(Cc1ccc(C)cn1)C(=O)O. The molecular weight excluding hydrogens is 208 g/mol. The number of amides is 1. The summed E-state index contributed by atoms with van der Waals surface area (Å²) in [5.74, 6) is -1.42. The summed E-state index contributed by atoms with van der Waals surface area (Å²) in [4.78, 5) is 25.8. The number of pyridine rings is 1. The highest BCUT2D eigenvalue weighted by atomic mass is 16.4. The minimum atomic E-state index is -1.06. The van der Waals surface area contributed by atoms with Gasteiger partial charge in [-0.25, -0.2) is 4.79 Å². The topological polar surface area (TPSA) is 79.3 Å². The van der Waals surface area contributed by atoms with Crippen LogP contribution < -0.4 is 5.32 Å². The van der Waals surface area contributed by atoms with Crippen molar-refractivity contribution in [2.75, 3.05) is 0 Å². The quantitative estimate of drug-likeness (QED) is 0.778. The lowest BCUT2D eigenvalue weighted by Gasteiger charge is -2.12. The van der Waals surface area contributed by atoms with Crippen LogP contribution in [0, 0.1) is 6.92 Å². The molecule has 0 aliphatic rings. The molecule has 16 heavy (non-hydrogen) atoms. The van der Waals surface area contributed by atoms with Crippen molar-refractivity contribution >= 4 is 11.9 Å². The third-order valence-electron chi connectivity index (χ3n) is 2.06. The van der Waals surface area contributed by atoms with Gasteiger partial charge in [-0.1, -0.05) is 6.07 Å². The lowest BCUT2D eigenvalue weighted by molar-refractivity contribution is -0.141. The van der Waals surface area contributed by atoms with Gasteiger partial charge >= 0.3 is 5.97 Å². The molecule has 1 unspecified atom stereocenters. The fourth-order valence-corrected chi connectivity index (χ4v) is 1.27. The van der Waals surface area contributed by atoms with E-state index in [2.05, 4.69) is 10.3 Å². The van der Waals surface area contributed by atoms with Crippen LogP contribution in [0.5, 0.6) is 0 Å². The number of carbonyl (C=O) groups excluding carboxylic acids is 1. The van der Waals surface area contributed by atoms with Gasteiger partial charge in [-0.15, -0.1) is 0 Å². The van der Waals surface area contributed by atoms with E-state index in [4.69, 9.17) is 5.11 Å². The number of aryl methyl sites for hydroxylation is 1. The Labute approximate surface area is 93.5 Å². The largest absolute Gasteiger partial charge is 0.480 e. The van der Waals surface area contributed by atoms with Gasteiger partial charge < -0.3 is 10.4 Å². The van der Waals surface area contributed by atoms with Gasteiger partial charge in [-0.2, -0.15) is 0 Å². The zero-order chi connectivity index (χ0) is 12.1. The number of aliphatic carboxylic acids is 1. The van der Waals surface area contributed by atoms with Crippen LogP contribution in [-0.4, -0.2) is 28.0 Å². The Balaban J connectivity index is 2.71. The minimum absolute atomic E-state index is 0.190. The summed E-state index contributed by atoms with van der Waals surface area (Å²) < 4.78 is 0. The van der Waals surface area contributed by atoms with Gasteiger partial charge in [0, 0.05) is 25.2 Å². The van der Waals surface area contributed by atoms with Gasteiger partial charge in [0.05, 0.1) is 0 Å². The Kier molecular flexibility index (Phi) is 3.99. The smallest absolute Gasteiger partial charge is 0.326 e.